The molecule has 1 aromatic rings. The van der Waals surface area contributed by atoms with Crippen molar-refractivity contribution in [3.8, 4) is 6.07 Å². The van der Waals surface area contributed by atoms with E-state index in [0.717, 1.165) is 25.7 Å². The van der Waals surface area contributed by atoms with Crippen LogP contribution in [0, 0.1) is 17.1 Å². The number of nitriles is 1. The highest BCUT2D eigenvalue weighted by Crippen LogP contribution is 2.36. The van der Waals surface area contributed by atoms with E-state index in [1.165, 1.54) is 12.5 Å². The molecule has 1 aliphatic rings. The minimum Gasteiger partial charge on any atom is -0.465 e. The Labute approximate surface area is 141 Å². The first-order valence-electron chi connectivity index (χ1n) is 8.10. The Bertz CT molecular complexity index is 606. The Morgan fingerprint density at radius 2 is 2.13 bits per heavy atom. The van der Waals surface area contributed by atoms with Gasteiger partial charge in [0.1, 0.15) is 11.2 Å². The molecule has 1 aliphatic carbocycles. The summed E-state index contributed by atoms with van der Waals surface area (Å²) < 4.78 is 19.4. The Balaban J connectivity index is 2.22. The van der Waals surface area contributed by atoms with Crippen LogP contribution in [0.4, 0.5) is 4.39 Å². The van der Waals surface area contributed by atoms with Gasteiger partial charge in [-0.05, 0) is 49.8 Å². The molecule has 0 heterocycles. The van der Waals surface area contributed by atoms with E-state index in [-0.39, 0.29) is 24.8 Å². The van der Waals surface area contributed by atoms with E-state index in [0.29, 0.717) is 16.7 Å². The van der Waals surface area contributed by atoms with Crippen LogP contribution in [0.25, 0.3) is 0 Å². The van der Waals surface area contributed by atoms with Crippen molar-refractivity contribution in [1.29, 1.82) is 5.26 Å². The van der Waals surface area contributed by atoms with Gasteiger partial charge < -0.3 is 4.74 Å². The summed E-state index contributed by atoms with van der Waals surface area (Å²) in [6.07, 6.45) is 5.31. The van der Waals surface area contributed by atoms with Crippen molar-refractivity contribution in [3.05, 3.63) is 34.6 Å². The van der Waals surface area contributed by atoms with Crippen molar-refractivity contribution in [2.24, 2.45) is 0 Å². The first-order valence-corrected chi connectivity index (χ1v) is 8.53. The molecule has 0 bridgehead atoms. The average Bonchev–Trinajstić information content (AvgIpc) is 2.55. The van der Waals surface area contributed by atoms with Crippen molar-refractivity contribution >= 4 is 17.6 Å². The van der Waals surface area contributed by atoms with Gasteiger partial charge in [0.25, 0.3) is 0 Å². The lowest BCUT2D eigenvalue weighted by Gasteiger charge is -2.24. The molecule has 23 heavy (non-hydrogen) atoms. The second-order valence-electron chi connectivity index (χ2n) is 5.91. The predicted molar refractivity (Wildman–Crippen MR) is 86.9 cm³/mol. The molecule has 0 amide bonds. The summed E-state index contributed by atoms with van der Waals surface area (Å²) >= 11 is 6.00. The second-order valence-corrected chi connectivity index (χ2v) is 6.44. The average molecular weight is 338 g/mol. The highest BCUT2D eigenvalue weighted by atomic mass is 35.5. The number of benzene rings is 1. The molecule has 0 spiro atoms. The summed E-state index contributed by atoms with van der Waals surface area (Å²) in [4.78, 5) is 11.6. The smallest absolute Gasteiger partial charge is 0.324 e. The summed E-state index contributed by atoms with van der Waals surface area (Å²) in [6, 6.07) is 5.16. The van der Waals surface area contributed by atoms with Gasteiger partial charge in [0.05, 0.1) is 18.2 Å². The molecule has 0 radical (unpaired) electrons. The molecular weight excluding hydrogens is 317 g/mol. The van der Waals surface area contributed by atoms with Crippen LogP contribution in [0.5, 0.6) is 0 Å². The molecule has 2 rings (SSSR count). The molecule has 0 aromatic heterocycles. The monoisotopic (exact) mass is 337 g/mol. The molecule has 1 fully saturated rings. The van der Waals surface area contributed by atoms with E-state index in [4.69, 9.17) is 16.3 Å². The zero-order chi connectivity index (χ0) is 16.8. The van der Waals surface area contributed by atoms with Crippen molar-refractivity contribution in [3.63, 3.8) is 0 Å². The molecular formula is C18H21ClFNO2. The van der Waals surface area contributed by atoms with Crippen molar-refractivity contribution in [1.82, 2.24) is 0 Å². The van der Waals surface area contributed by atoms with Crippen molar-refractivity contribution < 1.29 is 13.9 Å². The van der Waals surface area contributed by atoms with E-state index in [2.05, 4.69) is 6.07 Å². The maximum atomic E-state index is 14.6. The van der Waals surface area contributed by atoms with Crippen LogP contribution in [-0.2, 0) is 16.0 Å². The van der Waals surface area contributed by atoms with E-state index in [1.807, 2.05) is 0 Å². The molecule has 1 atom stereocenters. The van der Waals surface area contributed by atoms with Crippen LogP contribution in [0.15, 0.2) is 12.1 Å². The first kappa shape index (κ1) is 17.7. The summed E-state index contributed by atoms with van der Waals surface area (Å²) in [7, 11) is 0. The minimum absolute atomic E-state index is 0.115. The van der Waals surface area contributed by atoms with Crippen LogP contribution in [-0.4, -0.2) is 18.0 Å². The van der Waals surface area contributed by atoms with Crippen molar-refractivity contribution in [2.45, 2.75) is 56.7 Å². The third-order valence-corrected chi connectivity index (χ3v) is 4.61. The van der Waals surface area contributed by atoms with E-state index in [9.17, 15) is 14.4 Å². The van der Waals surface area contributed by atoms with Gasteiger partial charge in [-0.25, -0.2) is 4.39 Å². The lowest BCUT2D eigenvalue weighted by molar-refractivity contribution is -0.142. The molecule has 1 aromatic carbocycles. The lowest BCUT2D eigenvalue weighted by Crippen LogP contribution is -2.20. The summed E-state index contributed by atoms with van der Waals surface area (Å²) in [5.74, 6) is -0.771. The summed E-state index contributed by atoms with van der Waals surface area (Å²) in [5, 5.41) is 8.51. The second kappa shape index (κ2) is 8.31. The molecule has 3 nitrogen and oxygen atoms in total. The standard InChI is InChI=1S/C18H21ClFNO2/c1-2-23-18(22)15(19)9-12-8-14(11-21)17(16(20)10-12)13-6-4-3-5-7-13/h8,10,13,15H,2-7,9H2,1H3. The van der Waals surface area contributed by atoms with E-state index in [1.54, 1.807) is 13.0 Å². The largest absolute Gasteiger partial charge is 0.465 e. The fourth-order valence-corrected chi connectivity index (χ4v) is 3.45. The van der Waals surface area contributed by atoms with Gasteiger partial charge in [-0.1, -0.05) is 19.3 Å². The highest BCUT2D eigenvalue weighted by Gasteiger charge is 2.24. The number of hydrogen-bond acceptors (Lipinski definition) is 3. The van der Waals surface area contributed by atoms with E-state index >= 15 is 0 Å². The van der Waals surface area contributed by atoms with Gasteiger partial charge in [0.15, 0.2) is 0 Å². The number of halogens is 2. The molecule has 1 unspecified atom stereocenters. The van der Waals surface area contributed by atoms with Gasteiger partial charge in [-0.3, -0.25) is 4.79 Å². The van der Waals surface area contributed by atoms with Crippen LogP contribution >= 0.6 is 11.6 Å². The van der Waals surface area contributed by atoms with Crippen LogP contribution in [0.2, 0.25) is 0 Å². The number of carbonyl (C=O) groups is 1. The number of alkyl halides is 1. The molecule has 1 saturated carbocycles. The SMILES string of the molecule is CCOC(=O)C(Cl)Cc1cc(F)c(C2CCCCC2)c(C#N)c1. The van der Waals surface area contributed by atoms with E-state index < -0.39 is 11.3 Å². The molecule has 5 heteroatoms. The quantitative estimate of drug-likeness (QED) is 0.589. The fraction of sp³-hybridized carbons (Fsp3) is 0.556. The fourth-order valence-electron chi connectivity index (χ4n) is 3.21. The maximum absolute atomic E-state index is 14.6. The minimum atomic E-state index is -0.874. The highest BCUT2D eigenvalue weighted by molar-refractivity contribution is 6.30. The maximum Gasteiger partial charge on any atom is 0.324 e. The number of rotatable bonds is 5. The normalized spacial score (nSPS) is 16.6. The third kappa shape index (κ3) is 4.45. The summed E-state index contributed by atoms with van der Waals surface area (Å²) in [6.45, 7) is 1.95. The topological polar surface area (TPSA) is 50.1 Å². The summed E-state index contributed by atoms with van der Waals surface area (Å²) in [5.41, 5.74) is 1.43. The number of esters is 1. The Morgan fingerprint density at radius 3 is 2.74 bits per heavy atom. The van der Waals surface area contributed by atoms with Crippen molar-refractivity contribution in [2.75, 3.05) is 6.61 Å². The zero-order valence-corrected chi connectivity index (χ0v) is 14.0. The van der Waals surface area contributed by atoms with Gasteiger partial charge in [0, 0.05) is 5.56 Å². The Morgan fingerprint density at radius 1 is 1.43 bits per heavy atom. The molecule has 0 aliphatic heterocycles. The molecule has 124 valence electrons. The van der Waals surface area contributed by atoms with Crippen LogP contribution in [0.1, 0.15) is 61.6 Å². The Hall–Kier alpha value is -1.60. The first-order chi connectivity index (χ1) is 11.1. The number of hydrogen-bond donors (Lipinski definition) is 0. The molecule has 0 N–H and O–H groups in total. The zero-order valence-electron chi connectivity index (χ0n) is 13.3. The number of ether oxygens (including phenoxy) is 1. The van der Waals surface area contributed by atoms with Gasteiger partial charge in [-0.2, -0.15) is 5.26 Å². The Kier molecular flexibility index (Phi) is 6.41. The lowest BCUT2D eigenvalue weighted by atomic mass is 9.81. The predicted octanol–water partition coefficient (Wildman–Crippen LogP) is 4.46. The van der Waals surface area contributed by atoms with Crippen LogP contribution in [0.3, 0.4) is 0 Å². The number of carbonyl (C=O) groups excluding carboxylic acids is 1. The molecule has 0 saturated heterocycles. The van der Waals surface area contributed by atoms with Gasteiger partial charge >= 0.3 is 5.97 Å². The number of nitrogens with zero attached hydrogens (tertiary/aromatic N) is 1. The van der Waals surface area contributed by atoms with Gasteiger partial charge in [0.2, 0.25) is 0 Å². The van der Waals surface area contributed by atoms with Crippen LogP contribution < -0.4 is 0 Å². The third-order valence-electron chi connectivity index (χ3n) is 4.28. The van der Waals surface area contributed by atoms with Gasteiger partial charge in [-0.15, -0.1) is 11.6 Å².